The molecule has 7 nitrogen and oxygen atoms in total. The van der Waals surface area contributed by atoms with Gasteiger partial charge in [-0.25, -0.2) is 0 Å². The molecule has 1 saturated heterocycles. The second-order valence-electron chi connectivity index (χ2n) is 7.24. The van der Waals surface area contributed by atoms with Crippen LogP contribution in [0.25, 0.3) is 0 Å². The highest BCUT2D eigenvalue weighted by Crippen LogP contribution is 2.36. The van der Waals surface area contributed by atoms with Gasteiger partial charge in [0, 0.05) is 42.4 Å². The molecule has 0 aliphatic carbocycles. The number of hydrogen-bond donors (Lipinski definition) is 2. The Morgan fingerprint density at radius 1 is 1.23 bits per heavy atom. The molecule has 0 aromatic heterocycles. The van der Waals surface area contributed by atoms with E-state index in [1.807, 2.05) is 30.8 Å². The normalized spacial score (nSPS) is 14.2. The maximum atomic E-state index is 12.8. The fraction of sp³-hybridized carbons (Fsp3) is 0.364. The van der Waals surface area contributed by atoms with Gasteiger partial charge in [-0.15, -0.1) is 0 Å². The first-order valence-corrected chi connectivity index (χ1v) is 11.4. The van der Waals surface area contributed by atoms with Crippen molar-refractivity contribution in [1.29, 1.82) is 0 Å². The van der Waals surface area contributed by atoms with E-state index >= 15 is 0 Å². The van der Waals surface area contributed by atoms with Crippen LogP contribution in [0.1, 0.15) is 21.5 Å². The average Bonchev–Trinajstić information content (AvgIpc) is 2.74. The maximum Gasteiger partial charge on any atom is 0.255 e. The van der Waals surface area contributed by atoms with Gasteiger partial charge in [-0.2, -0.15) is 11.8 Å². The summed E-state index contributed by atoms with van der Waals surface area (Å²) in [7, 11) is 1.42. The molecule has 1 heterocycles. The molecule has 2 aromatic rings. The van der Waals surface area contributed by atoms with Gasteiger partial charge in [0.05, 0.1) is 12.1 Å². The second-order valence-corrected chi connectivity index (χ2v) is 8.87. The van der Waals surface area contributed by atoms with E-state index in [9.17, 15) is 9.59 Å². The number of amides is 2. The van der Waals surface area contributed by atoms with E-state index in [0.717, 1.165) is 30.9 Å². The summed E-state index contributed by atoms with van der Waals surface area (Å²) >= 11 is 8.24. The molecule has 2 amide bonds. The number of hydrogen-bond acceptors (Lipinski definition) is 6. The number of nitrogens with two attached hydrogens (primary N) is 1. The van der Waals surface area contributed by atoms with Crippen LogP contribution in [-0.4, -0.2) is 55.0 Å². The van der Waals surface area contributed by atoms with Crippen LogP contribution in [-0.2, 0) is 11.3 Å². The SMILES string of the molecule is COc1cc(C(=O)Nc2ccc(CN3CCSCC3)cc2C)cc(Cl)c1OCC(N)=O. The Balaban J connectivity index is 1.71. The van der Waals surface area contributed by atoms with E-state index in [2.05, 4.69) is 16.3 Å². The number of anilines is 1. The van der Waals surface area contributed by atoms with Crippen molar-refractivity contribution in [1.82, 2.24) is 4.90 Å². The number of halogens is 1. The van der Waals surface area contributed by atoms with Crippen molar-refractivity contribution >= 4 is 40.9 Å². The lowest BCUT2D eigenvalue weighted by atomic mass is 10.1. The van der Waals surface area contributed by atoms with Crippen LogP contribution in [0.5, 0.6) is 11.5 Å². The molecule has 0 saturated carbocycles. The van der Waals surface area contributed by atoms with Crippen molar-refractivity contribution in [3.05, 3.63) is 52.0 Å². The molecule has 166 valence electrons. The highest BCUT2D eigenvalue weighted by atomic mass is 35.5. The zero-order valence-corrected chi connectivity index (χ0v) is 19.1. The van der Waals surface area contributed by atoms with Gasteiger partial charge in [-0.3, -0.25) is 14.5 Å². The Hall–Kier alpha value is -2.42. The topological polar surface area (TPSA) is 93.9 Å². The van der Waals surface area contributed by atoms with Crippen LogP contribution in [0.3, 0.4) is 0 Å². The van der Waals surface area contributed by atoms with Gasteiger partial charge >= 0.3 is 0 Å². The molecule has 3 rings (SSSR count). The quantitative estimate of drug-likeness (QED) is 0.623. The number of ether oxygens (including phenoxy) is 2. The first-order chi connectivity index (χ1) is 14.9. The van der Waals surface area contributed by atoms with Crippen LogP contribution in [0.4, 0.5) is 5.69 Å². The number of carbonyl (C=O) groups is 2. The Morgan fingerprint density at radius 3 is 2.61 bits per heavy atom. The third kappa shape index (κ3) is 6.29. The minimum Gasteiger partial charge on any atom is -0.493 e. The molecule has 0 spiro atoms. The number of primary amides is 1. The van der Waals surface area contributed by atoms with Gasteiger partial charge in [0.1, 0.15) is 0 Å². The van der Waals surface area contributed by atoms with Crippen molar-refractivity contribution < 1.29 is 19.1 Å². The van der Waals surface area contributed by atoms with Crippen molar-refractivity contribution in [2.24, 2.45) is 5.73 Å². The molecule has 0 atom stereocenters. The Bertz CT molecular complexity index is 964. The summed E-state index contributed by atoms with van der Waals surface area (Å²) in [5.41, 5.74) is 8.35. The summed E-state index contributed by atoms with van der Waals surface area (Å²) in [6, 6.07) is 9.04. The van der Waals surface area contributed by atoms with Gasteiger partial charge < -0.3 is 20.5 Å². The molecule has 3 N–H and O–H groups in total. The number of aryl methyl sites for hydroxylation is 1. The van der Waals surface area contributed by atoms with E-state index in [1.54, 1.807) is 0 Å². The standard InChI is InChI=1S/C22H26ClN3O4S/c1-14-9-15(12-26-5-7-31-8-6-26)3-4-18(14)25-22(28)16-10-17(23)21(19(11-16)29-2)30-13-20(24)27/h3-4,9-11H,5-8,12-13H2,1-2H3,(H2,24,27)(H,25,28). The third-order valence-electron chi connectivity index (χ3n) is 4.90. The summed E-state index contributed by atoms with van der Waals surface area (Å²) in [5, 5.41) is 3.07. The number of nitrogens with zero attached hydrogens (tertiary/aromatic N) is 1. The molecule has 0 unspecified atom stereocenters. The zero-order chi connectivity index (χ0) is 22.4. The van der Waals surface area contributed by atoms with Crippen molar-refractivity contribution in [3.63, 3.8) is 0 Å². The summed E-state index contributed by atoms with van der Waals surface area (Å²) < 4.78 is 10.6. The van der Waals surface area contributed by atoms with Gasteiger partial charge in [0.25, 0.3) is 11.8 Å². The largest absolute Gasteiger partial charge is 0.493 e. The van der Waals surface area contributed by atoms with Crippen molar-refractivity contribution in [2.75, 3.05) is 43.6 Å². The molecule has 0 bridgehead atoms. The molecule has 0 radical (unpaired) electrons. The second kappa shape index (κ2) is 10.7. The lowest BCUT2D eigenvalue weighted by Crippen LogP contribution is -2.31. The van der Waals surface area contributed by atoms with Crippen LogP contribution in [0.2, 0.25) is 5.02 Å². The molecule has 1 aliphatic rings. The molecule has 2 aromatic carbocycles. The Kier molecular flexibility index (Phi) is 8.06. The average molecular weight is 464 g/mol. The van der Waals surface area contributed by atoms with Gasteiger partial charge in [-0.05, 0) is 36.2 Å². The molecule has 9 heteroatoms. The maximum absolute atomic E-state index is 12.8. The number of benzene rings is 2. The Labute approximate surface area is 191 Å². The van der Waals surface area contributed by atoms with Crippen LogP contribution in [0, 0.1) is 6.92 Å². The molecule has 1 aliphatic heterocycles. The summed E-state index contributed by atoms with van der Waals surface area (Å²) in [6.45, 7) is 4.74. The number of thioether (sulfide) groups is 1. The van der Waals surface area contributed by atoms with E-state index < -0.39 is 5.91 Å². The van der Waals surface area contributed by atoms with Gasteiger partial charge in [0.15, 0.2) is 18.1 Å². The number of carbonyl (C=O) groups excluding carboxylic acids is 2. The highest BCUT2D eigenvalue weighted by Gasteiger charge is 2.18. The number of rotatable bonds is 8. The van der Waals surface area contributed by atoms with E-state index in [4.69, 9.17) is 26.8 Å². The van der Waals surface area contributed by atoms with Crippen LogP contribution >= 0.6 is 23.4 Å². The first-order valence-electron chi connectivity index (χ1n) is 9.87. The number of methoxy groups -OCH3 is 1. The smallest absolute Gasteiger partial charge is 0.255 e. The van der Waals surface area contributed by atoms with Gasteiger partial charge in [0.2, 0.25) is 0 Å². The predicted molar refractivity (Wildman–Crippen MR) is 124 cm³/mol. The fourth-order valence-electron chi connectivity index (χ4n) is 3.31. The summed E-state index contributed by atoms with van der Waals surface area (Å²) in [4.78, 5) is 26.2. The first kappa shape index (κ1) is 23.2. The third-order valence-corrected chi connectivity index (χ3v) is 6.12. The van der Waals surface area contributed by atoms with Crippen molar-refractivity contribution in [3.8, 4) is 11.5 Å². The molecular weight excluding hydrogens is 438 g/mol. The number of nitrogens with one attached hydrogen (secondary N) is 1. The van der Waals surface area contributed by atoms with E-state index in [-0.39, 0.29) is 29.0 Å². The van der Waals surface area contributed by atoms with Gasteiger partial charge in [-0.1, -0.05) is 23.7 Å². The Morgan fingerprint density at radius 2 is 1.97 bits per heavy atom. The predicted octanol–water partition coefficient (Wildman–Crippen LogP) is 3.32. The minimum absolute atomic E-state index is 0.150. The minimum atomic E-state index is -0.641. The molecule has 31 heavy (non-hydrogen) atoms. The zero-order valence-electron chi connectivity index (χ0n) is 17.6. The van der Waals surface area contributed by atoms with Crippen LogP contribution in [0.15, 0.2) is 30.3 Å². The fourth-order valence-corrected chi connectivity index (χ4v) is 4.55. The summed E-state index contributed by atoms with van der Waals surface area (Å²) in [5.74, 6) is 1.78. The molecular formula is C22H26ClN3O4S. The molecule has 1 fully saturated rings. The lowest BCUT2D eigenvalue weighted by Gasteiger charge is -2.26. The lowest BCUT2D eigenvalue weighted by molar-refractivity contribution is -0.119. The van der Waals surface area contributed by atoms with E-state index in [0.29, 0.717) is 5.56 Å². The van der Waals surface area contributed by atoms with Crippen LogP contribution < -0.4 is 20.5 Å². The highest BCUT2D eigenvalue weighted by molar-refractivity contribution is 7.99. The monoisotopic (exact) mass is 463 g/mol. The van der Waals surface area contributed by atoms with Crippen molar-refractivity contribution in [2.45, 2.75) is 13.5 Å². The summed E-state index contributed by atoms with van der Waals surface area (Å²) in [6.07, 6.45) is 0. The van der Waals surface area contributed by atoms with E-state index in [1.165, 1.54) is 36.3 Å².